The largest absolute Gasteiger partial charge is 0.444 e. The van der Waals surface area contributed by atoms with Crippen LogP contribution < -0.4 is 10.2 Å². The first-order valence-electron chi connectivity index (χ1n) is 9.74. The number of amides is 2. The number of carbonyl (C=O) groups excluding carboxylic acids is 2. The Kier molecular flexibility index (Phi) is 5.89. The first-order valence-corrected chi connectivity index (χ1v) is 10.1. The number of halogens is 1. The number of aromatic nitrogens is 2. The predicted octanol–water partition coefficient (Wildman–Crippen LogP) is 4.17. The Morgan fingerprint density at radius 1 is 1.41 bits per heavy atom. The molecule has 0 radical (unpaired) electrons. The lowest BCUT2D eigenvalue weighted by molar-refractivity contribution is -0.120. The Hall–Kier alpha value is -2.54. The lowest BCUT2D eigenvalue weighted by Gasteiger charge is -2.28. The van der Waals surface area contributed by atoms with Crippen LogP contribution in [0, 0.1) is 0 Å². The Balaban J connectivity index is 1.87. The standard InChI is InChI=1S/C21H27ClN4O3/c1-6-15-11-23-18(25-15)17-10-13-9-14(22)7-8-16(13)26(17)19(27)12(2)24-20(28)29-21(3,4)5/h7-9,11-12,17H,6,10H2,1-5H3,(H,23,25)(H,24,28). The number of H-pyrrole nitrogens is 1. The van der Waals surface area contributed by atoms with E-state index in [2.05, 4.69) is 15.3 Å². The SMILES string of the molecule is CCc1cnc(C2Cc3cc(Cl)ccc3N2C(=O)C(C)NC(=O)OC(C)(C)C)[nH]1. The van der Waals surface area contributed by atoms with E-state index < -0.39 is 17.7 Å². The van der Waals surface area contributed by atoms with Crippen molar-refractivity contribution >= 4 is 29.3 Å². The van der Waals surface area contributed by atoms with Gasteiger partial charge in [-0.1, -0.05) is 18.5 Å². The third-order valence-corrected chi connectivity index (χ3v) is 4.95. The van der Waals surface area contributed by atoms with Gasteiger partial charge in [0.1, 0.15) is 17.5 Å². The van der Waals surface area contributed by atoms with E-state index in [0.29, 0.717) is 17.3 Å². The summed E-state index contributed by atoms with van der Waals surface area (Å²) in [5.74, 6) is 0.475. The van der Waals surface area contributed by atoms with Crippen molar-refractivity contribution in [2.75, 3.05) is 4.90 Å². The van der Waals surface area contributed by atoms with Crippen LogP contribution in [0.2, 0.25) is 5.02 Å². The van der Waals surface area contributed by atoms with Crippen molar-refractivity contribution in [2.24, 2.45) is 0 Å². The lowest BCUT2D eigenvalue weighted by Crippen LogP contribution is -2.48. The van der Waals surface area contributed by atoms with Crippen LogP contribution in [0.15, 0.2) is 24.4 Å². The fourth-order valence-corrected chi connectivity index (χ4v) is 3.59. The summed E-state index contributed by atoms with van der Waals surface area (Å²) in [5.41, 5.74) is 2.10. The Labute approximate surface area is 175 Å². The number of benzene rings is 1. The summed E-state index contributed by atoms with van der Waals surface area (Å²) in [7, 11) is 0. The summed E-state index contributed by atoms with van der Waals surface area (Å²) < 4.78 is 5.28. The van der Waals surface area contributed by atoms with Crippen molar-refractivity contribution in [3.8, 4) is 0 Å². The highest BCUT2D eigenvalue weighted by atomic mass is 35.5. The zero-order chi connectivity index (χ0) is 21.3. The Morgan fingerprint density at radius 3 is 2.76 bits per heavy atom. The maximum atomic E-state index is 13.3. The zero-order valence-electron chi connectivity index (χ0n) is 17.4. The van der Waals surface area contributed by atoms with Crippen molar-refractivity contribution in [1.82, 2.24) is 15.3 Å². The molecule has 2 N–H and O–H groups in total. The van der Waals surface area contributed by atoms with Crippen LogP contribution in [0.3, 0.4) is 0 Å². The van der Waals surface area contributed by atoms with Gasteiger partial charge in [0.05, 0.1) is 6.04 Å². The number of aryl methyl sites for hydroxylation is 1. The minimum absolute atomic E-state index is 0.239. The molecule has 2 amide bonds. The van der Waals surface area contributed by atoms with Gasteiger partial charge in [-0.25, -0.2) is 9.78 Å². The smallest absolute Gasteiger partial charge is 0.408 e. The van der Waals surface area contributed by atoms with Crippen molar-refractivity contribution in [1.29, 1.82) is 0 Å². The van der Waals surface area contributed by atoms with E-state index in [9.17, 15) is 9.59 Å². The Bertz CT molecular complexity index is 919. The maximum Gasteiger partial charge on any atom is 0.408 e. The summed E-state index contributed by atoms with van der Waals surface area (Å²) >= 11 is 6.16. The summed E-state index contributed by atoms with van der Waals surface area (Å²) in [5, 5.41) is 3.25. The molecule has 7 nitrogen and oxygen atoms in total. The van der Waals surface area contributed by atoms with Crippen LogP contribution in [0.4, 0.5) is 10.5 Å². The number of imidazole rings is 1. The summed E-state index contributed by atoms with van der Waals surface area (Å²) in [6.45, 7) is 9.01. The second-order valence-corrected chi connectivity index (χ2v) is 8.65. The first kappa shape index (κ1) is 21.2. The second-order valence-electron chi connectivity index (χ2n) is 8.22. The molecule has 1 aliphatic rings. The van der Waals surface area contributed by atoms with Crippen molar-refractivity contribution in [3.63, 3.8) is 0 Å². The lowest BCUT2D eigenvalue weighted by atomic mass is 10.1. The second kappa shape index (κ2) is 8.06. The topological polar surface area (TPSA) is 87.3 Å². The molecule has 1 aliphatic heterocycles. The number of anilines is 1. The molecule has 2 aromatic rings. The van der Waals surface area contributed by atoms with E-state index in [1.165, 1.54) is 0 Å². The summed E-state index contributed by atoms with van der Waals surface area (Å²) in [4.78, 5) is 34.9. The molecule has 0 bridgehead atoms. The van der Waals surface area contributed by atoms with Crippen LogP contribution in [-0.4, -0.2) is 33.6 Å². The molecule has 0 saturated carbocycles. The molecule has 8 heteroatoms. The van der Waals surface area contributed by atoms with Gasteiger partial charge in [-0.2, -0.15) is 0 Å². The van der Waals surface area contributed by atoms with E-state index in [1.807, 2.05) is 19.1 Å². The average molecular weight is 419 g/mol. The molecule has 0 fully saturated rings. The molecule has 2 atom stereocenters. The van der Waals surface area contributed by atoms with Gasteiger partial charge < -0.3 is 15.0 Å². The number of ether oxygens (including phenoxy) is 1. The maximum absolute atomic E-state index is 13.3. The Morgan fingerprint density at radius 2 is 2.14 bits per heavy atom. The van der Waals surface area contributed by atoms with Gasteiger partial charge in [-0.05, 0) is 57.9 Å². The molecule has 156 valence electrons. The minimum atomic E-state index is -0.769. The quantitative estimate of drug-likeness (QED) is 0.780. The molecular formula is C21H27ClN4O3. The number of hydrogen-bond acceptors (Lipinski definition) is 4. The highest BCUT2D eigenvalue weighted by molar-refractivity contribution is 6.30. The fourth-order valence-electron chi connectivity index (χ4n) is 3.39. The molecule has 2 unspecified atom stereocenters. The third-order valence-electron chi connectivity index (χ3n) is 4.71. The van der Waals surface area contributed by atoms with Gasteiger partial charge in [0.2, 0.25) is 5.91 Å². The van der Waals surface area contributed by atoms with E-state index in [-0.39, 0.29) is 11.9 Å². The van der Waals surface area contributed by atoms with Gasteiger partial charge in [0.25, 0.3) is 0 Å². The van der Waals surface area contributed by atoms with Gasteiger partial charge >= 0.3 is 6.09 Å². The van der Waals surface area contributed by atoms with E-state index >= 15 is 0 Å². The molecule has 2 heterocycles. The van der Waals surface area contributed by atoms with Gasteiger partial charge in [0, 0.05) is 29.0 Å². The molecule has 1 aromatic heterocycles. The van der Waals surface area contributed by atoms with Gasteiger partial charge in [-0.15, -0.1) is 0 Å². The normalized spacial score (nSPS) is 17.0. The number of alkyl carbamates (subject to hydrolysis) is 1. The number of hydrogen-bond donors (Lipinski definition) is 2. The first-order chi connectivity index (χ1) is 13.6. The monoisotopic (exact) mass is 418 g/mol. The molecular weight excluding hydrogens is 392 g/mol. The third kappa shape index (κ3) is 4.72. The van der Waals surface area contributed by atoms with E-state index in [0.717, 1.165) is 23.4 Å². The number of nitrogens with zero attached hydrogens (tertiary/aromatic N) is 2. The molecule has 3 rings (SSSR count). The number of aromatic amines is 1. The van der Waals surface area contributed by atoms with Crippen LogP contribution in [0.5, 0.6) is 0 Å². The van der Waals surface area contributed by atoms with Gasteiger partial charge in [0.15, 0.2) is 0 Å². The number of rotatable bonds is 4. The molecule has 0 aliphatic carbocycles. The number of carbonyl (C=O) groups is 2. The van der Waals surface area contributed by atoms with E-state index in [1.54, 1.807) is 44.9 Å². The van der Waals surface area contributed by atoms with Crippen molar-refractivity contribution in [3.05, 3.63) is 46.5 Å². The van der Waals surface area contributed by atoms with Crippen LogP contribution >= 0.6 is 11.6 Å². The van der Waals surface area contributed by atoms with Crippen LogP contribution in [0.25, 0.3) is 0 Å². The highest BCUT2D eigenvalue weighted by Crippen LogP contribution is 2.41. The number of fused-ring (bicyclic) bond motifs is 1. The molecule has 29 heavy (non-hydrogen) atoms. The van der Waals surface area contributed by atoms with Crippen LogP contribution in [0.1, 0.15) is 57.7 Å². The van der Waals surface area contributed by atoms with Crippen LogP contribution in [-0.2, 0) is 22.4 Å². The molecule has 1 aromatic carbocycles. The predicted molar refractivity (Wildman–Crippen MR) is 112 cm³/mol. The number of nitrogens with one attached hydrogen (secondary N) is 2. The van der Waals surface area contributed by atoms with Gasteiger partial charge in [-0.3, -0.25) is 9.69 Å². The van der Waals surface area contributed by atoms with E-state index in [4.69, 9.17) is 16.3 Å². The van der Waals surface area contributed by atoms with Crippen molar-refractivity contribution < 1.29 is 14.3 Å². The summed E-state index contributed by atoms with van der Waals surface area (Å²) in [6.07, 6.45) is 2.58. The summed E-state index contributed by atoms with van der Waals surface area (Å²) in [6, 6.07) is 4.40. The highest BCUT2D eigenvalue weighted by Gasteiger charge is 2.39. The molecule has 0 spiro atoms. The average Bonchev–Trinajstić information content (AvgIpc) is 3.22. The minimum Gasteiger partial charge on any atom is -0.444 e. The van der Waals surface area contributed by atoms with Crippen molar-refractivity contribution in [2.45, 2.75) is 65.1 Å². The molecule has 0 saturated heterocycles. The fraction of sp³-hybridized carbons (Fsp3) is 0.476. The zero-order valence-corrected chi connectivity index (χ0v) is 18.1.